The first-order chi connectivity index (χ1) is 6.50. The smallest absolute Gasteiger partial charge is 0.0349 e. The van der Waals surface area contributed by atoms with Crippen molar-refractivity contribution in [3.05, 3.63) is 33.8 Å². The molecule has 1 nitrogen and oxygen atoms in total. The Bertz CT molecular complexity index is 363. The van der Waals surface area contributed by atoms with Crippen LogP contribution in [0.3, 0.4) is 0 Å². The van der Waals surface area contributed by atoms with Gasteiger partial charge < -0.3 is 5.73 Å². The highest BCUT2D eigenvalue weighted by Crippen LogP contribution is 2.42. The van der Waals surface area contributed by atoms with Gasteiger partial charge in [0.05, 0.1) is 0 Å². The van der Waals surface area contributed by atoms with E-state index in [1.807, 2.05) is 0 Å². The molecule has 1 aliphatic carbocycles. The number of nitrogens with two attached hydrogens (primary N) is 1. The molecule has 1 unspecified atom stereocenters. The summed E-state index contributed by atoms with van der Waals surface area (Å²) < 4.78 is 1.16. The van der Waals surface area contributed by atoms with E-state index in [1.54, 1.807) is 0 Å². The molecule has 1 atom stereocenters. The van der Waals surface area contributed by atoms with E-state index in [4.69, 9.17) is 5.73 Å². The molecule has 1 aromatic rings. The quantitative estimate of drug-likeness (QED) is 0.772. The van der Waals surface area contributed by atoms with Gasteiger partial charge >= 0.3 is 0 Å². The minimum Gasteiger partial charge on any atom is -0.323 e. The molecule has 1 aromatic carbocycles. The number of fused-ring (bicyclic) bond motifs is 1. The van der Waals surface area contributed by atoms with Crippen LogP contribution in [0.5, 0.6) is 0 Å². The third-order valence-electron chi connectivity index (χ3n) is 3.32. The zero-order valence-corrected chi connectivity index (χ0v) is 11.5. The van der Waals surface area contributed by atoms with Gasteiger partial charge in [-0.3, -0.25) is 0 Å². The van der Waals surface area contributed by atoms with Crippen molar-refractivity contribution in [2.75, 3.05) is 0 Å². The summed E-state index contributed by atoms with van der Waals surface area (Å²) in [5, 5.41) is 0. The van der Waals surface area contributed by atoms with Crippen LogP contribution in [0.15, 0.2) is 22.7 Å². The lowest BCUT2D eigenvalue weighted by Gasteiger charge is -2.37. The predicted molar refractivity (Wildman–Crippen MR) is 70.4 cm³/mol. The van der Waals surface area contributed by atoms with Gasteiger partial charge in [-0.15, -0.1) is 12.4 Å². The molecule has 0 heterocycles. The van der Waals surface area contributed by atoms with Gasteiger partial charge in [0, 0.05) is 10.5 Å². The van der Waals surface area contributed by atoms with Gasteiger partial charge in [0.1, 0.15) is 0 Å². The average molecular weight is 291 g/mol. The van der Waals surface area contributed by atoms with E-state index in [1.165, 1.54) is 17.5 Å². The van der Waals surface area contributed by atoms with Gasteiger partial charge in [0.25, 0.3) is 0 Å². The Morgan fingerprint density at radius 1 is 1.40 bits per heavy atom. The SMILES string of the molecule is CC1(C)CCc2cc(Br)ccc2C1N.Cl. The molecule has 3 heteroatoms. The Labute approximate surface area is 106 Å². The van der Waals surface area contributed by atoms with Gasteiger partial charge in [0.15, 0.2) is 0 Å². The zero-order valence-electron chi connectivity index (χ0n) is 9.09. The maximum Gasteiger partial charge on any atom is 0.0349 e. The zero-order chi connectivity index (χ0) is 10.3. The minimum absolute atomic E-state index is 0. The molecule has 0 amide bonds. The molecule has 0 radical (unpaired) electrons. The van der Waals surface area contributed by atoms with E-state index < -0.39 is 0 Å². The van der Waals surface area contributed by atoms with Gasteiger partial charge in [-0.2, -0.15) is 0 Å². The topological polar surface area (TPSA) is 26.0 Å². The summed E-state index contributed by atoms with van der Waals surface area (Å²) in [7, 11) is 0. The standard InChI is InChI=1S/C12H16BrN.ClH/c1-12(2)6-5-8-7-9(13)3-4-10(8)11(12)14;/h3-4,7,11H,5-6,14H2,1-2H3;1H. The second kappa shape index (κ2) is 4.44. The van der Waals surface area contributed by atoms with Gasteiger partial charge in [-0.05, 0) is 41.5 Å². The van der Waals surface area contributed by atoms with Crippen LogP contribution in [-0.2, 0) is 6.42 Å². The Morgan fingerprint density at radius 3 is 2.73 bits per heavy atom. The van der Waals surface area contributed by atoms with Crippen LogP contribution < -0.4 is 5.73 Å². The lowest BCUT2D eigenvalue weighted by molar-refractivity contribution is 0.249. The van der Waals surface area contributed by atoms with Crippen LogP contribution >= 0.6 is 28.3 Å². The second-order valence-corrected chi connectivity index (χ2v) is 5.73. The van der Waals surface area contributed by atoms with Crippen LogP contribution in [0.2, 0.25) is 0 Å². The van der Waals surface area contributed by atoms with Crippen molar-refractivity contribution in [3.63, 3.8) is 0 Å². The monoisotopic (exact) mass is 289 g/mol. The highest BCUT2D eigenvalue weighted by atomic mass is 79.9. The van der Waals surface area contributed by atoms with Crippen molar-refractivity contribution in [2.24, 2.45) is 11.1 Å². The van der Waals surface area contributed by atoms with E-state index in [2.05, 4.69) is 48.0 Å². The molecule has 84 valence electrons. The highest BCUT2D eigenvalue weighted by Gasteiger charge is 2.32. The average Bonchev–Trinajstić information content (AvgIpc) is 2.12. The van der Waals surface area contributed by atoms with E-state index in [0.29, 0.717) is 0 Å². The summed E-state index contributed by atoms with van der Waals surface area (Å²) in [5.41, 5.74) is 9.23. The molecule has 0 aromatic heterocycles. The third-order valence-corrected chi connectivity index (χ3v) is 3.81. The number of hydrogen-bond acceptors (Lipinski definition) is 1. The summed E-state index contributed by atoms with van der Waals surface area (Å²) in [6.07, 6.45) is 2.33. The molecule has 15 heavy (non-hydrogen) atoms. The van der Waals surface area contributed by atoms with Crippen LogP contribution in [0.4, 0.5) is 0 Å². The maximum absolute atomic E-state index is 6.26. The molecular formula is C12H17BrClN. The Kier molecular flexibility index (Phi) is 3.85. The summed E-state index contributed by atoms with van der Waals surface area (Å²) in [6, 6.07) is 6.62. The fourth-order valence-electron chi connectivity index (χ4n) is 2.13. The van der Waals surface area contributed by atoms with Crippen molar-refractivity contribution in [2.45, 2.75) is 32.7 Å². The van der Waals surface area contributed by atoms with Crippen LogP contribution in [0, 0.1) is 5.41 Å². The number of benzene rings is 1. The third kappa shape index (κ3) is 2.38. The van der Waals surface area contributed by atoms with Gasteiger partial charge in [0.2, 0.25) is 0 Å². The summed E-state index contributed by atoms with van der Waals surface area (Å²) >= 11 is 3.50. The normalized spacial score (nSPS) is 22.8. The van der Waals surface area contributed by atoms with Crippen LogP contribution in [0.25, 0.3) is 0 Å². The van der Waals surface area contributed by atoms with Crippen LogP contribution in [-0.4, -0.2) is 0 Å². The molecule has 2 N–H and O–H groups in total. The molecular weight excluding hydrogens is 273 g/mol. The lowest BCUT2D eigenvalue weighted by atomic mass is 9.71. The molecule has 1 aliphatic rings. The van der Waals surface area contributed by atoms with Crippen molar-refractivity contribution in [1.29, 1.82) is 0 Å². The first-order valence-electron chi connectivity index (χ1n) is 5.04. The molecule has 2 rings (SSSR count). The van der Waals surface area contributed by atoms with Crippen molar-refractivity contribution < 1.29 is 0 Å². The van der Waals surface area contributed by atoms with Crippen molar-refractivity contribution >= 4 is 28.3 Å². The van der Waals surface area contributed by atoms with Crippen LogP contribution in [0.1, 0.15) is 37.4 Å². The predicted octanol–water partition coefficient (Wildman–Crippen LogP) is 3.84. The Hall–Kier alpha value is -0.0500. The fourth-order valence-corrected chi connectivity index (χ4v) is 2.54. The van der Waals surface area contributed by atoms with Crippen molar-refractivity contribution in [1.82, 2.24) is 0 Å². The number of halogens is 2. The molecule has 0 aliphatic heterocycles. The minimum atomic E-state index is 0. The number of hydrogen-bond donors (Lipinski definition) is 1. The number of aryl methyl sites for hydroxylation is 1. The first-order valence-corrected chi connectivity index (χ1v) is 5.84. The lowest BCUT2D eigenvalue weighted by Crippen LogP contribution is -2.34. The molecule has 0 saturated heterocycles. The molecule has 0 bridgehead atoms. The summed E-state index contributed by atoms with van der Waals surface area (Å²) in [5.74, 6) is 0. The molecule has 0 fully saturated rings. The van der Waals surface area contributed by atoms with E-state index in [9.17, 15) is 0 Å². The van der Waals surface area contributed by atoms with E-state index in [-0.39, 0.29) is 23.9 Å². The van der Waals surface area contributed by atoms with Crippen molar-refractivity contribution in [3.8, 4) is 0 Å². The Balaban J connectivity index is 0.00000112. The summed E-state index contributed by atoms with van der Waals surface area (Å²) in [6.45, 7) is 4.51. The van der Waals surface area contributed by atoms with Gasteiger partial charge in [-0.25, -0.2) is 0 Å². The molecule has 0 saturated carbocycles. The molecule has 0 spiro atoms. The Morgan fingerprint density at radius 2 is 2.07 bits per heavy atom. The fraction of sp³-hybridized carbons (Fsp3) is 0.500. The largest absolute Gasteiger partial charge is 0.323 e. The van der Waals surface area contributed by atoms with E-state index >= 15 is 0 Å². The second-order valence-electron chi connectivity index (χ2n) is 4.81. The van der Waals surface area contributed by atoms with E-state index in [0.717, 1.165) is 10.9 Å². The highest BCUT2D eigenvalue weighted by molar-refractivity contribution is 9.10. The first kappa shape index (κ1) is 13.0. The maximum atomic E-state index is 6.26. The number of rotatable bonds is 0. The summed E-state index contributed by atoms with van der Waals surface area (Å²) in [4.78, 5) is 0. The van der Waals surface area contributed by atoms with Gasteiger partial charge in [-0.1, -0.05) is 35.8 Å².